The molecule has 3 rings (SSSR count). The highest BCUT2D eigenvalue weighted by atomic mass is 32.2. The van der Waals surface area contributed by atoms with Gasteiger partial charge in [-0.3, -0.25) is 0 Å². The minimum absolute atomic E-state index is 0.208. The summed E-state index contributed by atoms with van der Waals surface area (Å²) in [5, 5.41) is 9.92. The molecule has 1 fully saturated rings. The number of benzene rings is 2. The molecular formula is C22H25NO3S2. The Kier molecular flexibility index (Phi) is 6.97. The Morgan fingerprint density at radius 2 is 1.89 bits per heavy atom. The number of hydrogen-bond acceptors (Lipinski definition) is 5. The van der Waals surface area contributed by atoms with Crippen LogP contribution in [0.25, 0.3) is 0 Å². The summed E-state index contributed by atoms with van der Waals surface area (Å²) >= 11 is 7.16. The fourth-order valence-corrected chi connectivity index (χ4v) is 4.65. The van der Waals surface area contributed by atoms with Gasteiger partial charge in [0.05, 0.1) is 0 Å². The molecule has 0 radical (unpaired) electrons. The normalized spacial score (nSPS) is 16.2. The largest absolute Gasteiger partial charge is 0.507 e. The number of aromatic hydroxyl groups is 1. The molecule has 0 amide bonds. The molecule has 0 saturated carbocycles. The van der Waals surface area contributed by atoms with Gasteiger partial charge in [0.2, 0.25) is 0 Å². The Bertz CT molecular complexity index is 831. The molecule has 0 aliphatic carbocycles. The van der Waals surface area contributed by atoms with Crippen LogP contribution in [0.4, 0.5) is 0 Å². The van der Waals surface area contributed by atoms with Crippen LogP contribution in [0.3, 0.4) is 0 Å². The zero-order valence-electron chi connectivity index (χ0n) is 16.2. The molecule has 1 N–H and O–H groups in total. The monoisotopic (exact) mass is 415 g/mol. The number of aryl methyl sites for hydroxylation is 2. The van der Waals surface area contributed by atoms with Crippen molar-refractivity contribution in [1.29, 1.82) is 0 Å². The summed E-state index contributed by atoms with van der Waals surface area (Å²) in [5.74, 6) is 0.848. The number of rotatable bonds is 5. The second-order valence-electron chi connectivity index (χ2n) is 7.08. The highest BCUT2D eigenvalue weighted by Gasteiger charge is 2.33. The predicted octanol–water partition coefficient (Wildman–Crippen LogP) is 4.73. The van der Waals surface area contributed by atoms with Gasteiger partial charge in [0.25, 0.3) is 0 Å². The van der Waals surface area contributed by atoms with E-state index in [1.165, 1.54) is 0 Å². The van der Waals surface area contributed by atoms with Crippen LogP contribution in [0.1, 0.15) is 35.1 Å². The summed E-state index contributed by atoms with van der Waals surface area (Å²) in [7, 11) is 0. The van der Waals surface area contributed by atoms with E-state index in [2.05, 4.69) is 0 Å². The fourth-order valence-electron chi connectivity index (χ4n) is 3.41. The van der Waals surface area contributed by atoms with Crippen molar-refractivity contribution in [3.63, 3.8) is 0 Å². The number of carbonyl (C=O) groups is 1. The molecule has 1 aliphatic heterocycles. The molecule has 1 saturated heterocycles. The van der Waals surface area contributed by atoms with Crippen molar-refractivity contribution in [2.75, 3.05) is 6.54 Å². The van der Waals surface area contributed by atoms with Crippen LogP contribution in [0, 0.1) is 13.8 Å². The number of thiocarbonyl (C=S) groups is 1. The van der Waals surface area contributed by atoms with E-state index in [1.807, 2.05) is 61.2 Å². The number of likely N-dealkylation sites (tertiary alicyclic amines) is 1. The van der Waals surface area contributed by atoms with E-state index in [-0.39, 0.29) is 18.6 Å². The van der Waals surface area contributed by atoms with Gasteiger partial charge in [0.1, 0.15) is 22.7 Å². The Balaban J connectivity index is 1.56. The second-order valence-corrected chi connectivity index (χ2v) is 8.69. The van der Waals surface area contributed by atoms with Gasteiger partial charge in [-0.1, -0.05) is 66.4 Å². The van der Waals surface area contributed by atoms with Crippen molar-refractivity contribution in [3.8, 4) is 5.75 Å². The molecule has 1 atom stereocenters. The first-order valence-electron chi connectivity index (χ1n) is 9.38. The Morgan fingerprint density at radius 3 is 2.57 bits per heavy atom. The first-order chi connectivity index (χ1) is 13.5. The van der Waals surface area contributed by atoms with Gasteiger partial charge in [-0.2, -0.15) is 0 Å². The number of carbonyl (C=O) groups excluding carboxylic acids is 1. The van der Waals surface area contributed by atoms with Crippen molar-refractivity contribution in [2.24, 2.45) is 0 Å². The standard InChI is InChI=1S/C22H25NO3S2/c1-15-11-18(12-16(2)20(15)24)14-28-22(27)23-10-6-9-19(23)21(25)26-13-17-7-4-3-5-8-17/h3-5,7-8,11-12,19,24H,6,9-10,13-14H2,1-2H3. The molecule has 1 aliphatic rings. The highest BCUT2D eigenvalue weighted by Crippen LogP contribution is 2.28. The molecule has 4 nitrogen and oxygen atoms in total. The molecule has 6 heteroatoms. The number of phenols is 1. The molecule has 1 unspecified atom stereocenters. The smallest absolute Gasteiger partial charge is 0.329 e. The summed E-state index contributed by atoms with van der Waals surface area (Å²) in [5.41, 5.74) is 3.83. The zero-order valence-corrected chi connectivity index (χ0v) is 17.8. The molecule has 0 bridgehead atoms. The molecule has 2 aromatic carbocycles. The molecule has 148 valence electrons. The van der Waals surface area contributed by atoms with Gasteiger partial charge in [0, 0.05) is 12.3 Å². The zero-order chi connectivity index (χ0) is 20.1. The average Bonchev–Trinajstić information content (AvgIpc) is 3.19. The van der Waals surface area contributed by atoms with Crippen molar-refractivity contribution in [2.45, 2.75) is 45.1 Å². The maximum Gasteiger partial charge on any atom is 0.329 e. The Morgan fingerprint density at radius 1 is 1.21 bits per heavy atom. The Hall–Kier alpha value is -2.05. The fraction of sp³-hybridized carbons (Fsp3) is 0.364. The van der Waals surface area contributed by atoms with E-state index < -0.39 is 0 Å². The lowest BCUT2D eigenvalue weighted by atomic mass is 10.1. The lowest BCUT2D eigenvalue weighted by Crippen LogP contribution is -2.39. The summed E-state index contributed by atoms with van der Waals surface area (Å²) in [6, 6.07) is 13.4. The lowest BCUT2D eigenvalue weighted by molar-refractivity contribution is -0.148. The topological polar surface area (TPSA) is 49.8 Å². The van der Waals surface area contributed by atoms with E-state index in [0.29, 0.717) is 11.5 Å². The van der Waals surface area contributed by atoms with Gasteiger partial charge in [-0.15, -0.1) is 0 Å². The molecule has 0 spiro atoms. The summed E-state index contributed by atoms with van der Waals surface area (Å²) in [4.78, 5) is 14.6. The second kappa shape index (κ2) is 9.43. The van der Waals surface area contributed by atoms with Gasteiger partial charge in [-0.25, -0.2) is 4.79 Å². The van der Waals surface area contributed by atoms with Crippen LogP contribution in [0.15, 0.2) is 42.5 Å². The lowest BCUT2D eigenvalue weighted by Gasteiger charge is -2.25. The number of esters is 1. The molecule has 2 aromatic rings. The number of nitrogens with zero attached hydrogens (tertiary/aromatic N) is 1. The molecule has 0 aromatic heterocycles. The first-order valence-corrected chi connectivity index (χ1v) is 10.8. The van der Waals surface area contributed by atoms with Crippen molar-refractivity contribution >= 4 is 34.3 Å². The third-order valence-electron chi connectivity index (χ3n) is 4.90. The van der Waals surface area contributed by atoms with Crippen LogP contribution >= 0.6 is 24.0 Å². The van der Waals surface area contributed by atoms with Crippen LogP contribution in [-0.2, 0) is 21.9 Å². The first kappa shape index (κ1) is 20.7. The van der Waals surface area contributed by atoms with E-state index in [9.17, 15) is 9.90 Å². The number of thioether (sulfide) groups is 1. The van der Waals surface area contributed by atoms with Crippen LogP contribution in [0.2, 0.25) is 0 Å². The third-order valence-corrected chi connectivity index (χ3v) is 6.44. The van der Waals surface area contributed by atoms with Crippen molar-refractivity contribution in [1.82, 2.24) is 4.90 Å². The number of ether oxygens (including phenoxy) is 1. The molecule has 1 heterocycles. The third kappa shape index (κ3) is 5.06. The summed E-state index contributed by atoms with van der Waals surface area (Å²) in [6.07, 6.45) is 1.70. The van der Waals surface area contributed by atoms with Gasteiger partial charge in [-0.05, 0) is 48.9 Å². The van der Waals surface area contributed by atoms with Gasteiger partial charge >= 0.3 is 5.97 Å². The van der Waals surface area contributed by atoms with Gasteiger partial charge in [0.15, 0.2) is 0 Å². The number of hydrogen-bond donors (Lipinski definition) is 1. The van der Waals surface area contributed by atoms with Crippen molar-refractivity contribution in [3.05, 3.63) is 64.7 Å². The van der Waals surface area contributed by atoms with E-state index >= 15 is 0 Å². The predicted molar refractivity (Wildman–Crippen MR) is 117 cm³/mol. The SMILES string of the molecule is Cc1cc(CSC(=S)N2CCCC2C(=O)OCc2ccccc2)cc(C)c1O. The maximum atomic E-state index is 12.6. The van der Waals surface area contributed by atoms with Crippen LogP contribution in [-0.4, -0.2) is 32.9 Å². The maximum absolute atomic E-state index is 12.6. The van der Waals surface area contributed by atoms with Crippen LogP contribution < -0.4 is 0 Å². The highest BCUT2D eigenvalue weighted by molar-refractivity contribution is 8.22. The summed E-state index contributed by atoms with van der Waals surface area (Å²) in [6.45, 7) is 4.86. The molecular weight excluding hydrogens is 390 g/mol. The molecule has 28 heavy (non-hydrogen) atoms. The van der Waals surface area contributed by atoms with E-state index in [1.54, 1.807) is 11.8 Å². The minimum Gasteiger partial charge on any atom is -0.507 e. The van der Waals surface area contributed by atoms with E-state index in [0.717, 1.165) is 46.0 Å². The van der Waals surface area contributed by atoms with Crippen LogP contribution in [0.5, 0.6) is 5.75 Å². The minimum atomic E-state index is -0.299. The van der Waals surface area contributed by atoms with Gasteiger partial charge < -0.3 is 14.7 Å². The Labute approximate surface area is 175 Å². The van der Waals surface area contributed by atoms with Crippen molar-refractivity contribution < 1.29 is 14.6 Å². The average molecular weight is 416 g/mol. The number of phenolic OH excluding ortho intramolecular Hbond substituents is 1. The summed E-state index contributed by atoms with van der Waals surface area (Å²) < 4.78 is 6.25. The van der Waals surface area contributed by atoms with E-state index in [4.69, 9.17) is 17.0 Å². The quantitative estimate of drug-likeness (QED) is 0.563.